The highest BCUT2D eigenvalue weighted by Crippen LogP contribution is 2.44. The summed E-state index contributed by atoms with van der Waals surface area (Å²) in [5.41, 5.74) is 0. The van der Waals surface area contributed by atoms with Gasteiger partial charge in [-0.1, -0.05) is 13.3 Å². The number of imide groups is 1. The summed E-state index contributed by atoms with van der Waals surface area (Å²) in [6.07, 6.45) is 1.25. The third-order valence-electron chi connectivity index (χ3n) is 4.50. The summed E-state index contributed by atoms with van der Waals surface area (Å²) in [5.74, 6) is -0.906. The van der Waals surface area contributed by atoms with Crippen molar-refractivity contribution in [1.82, 2.24) is 4.90 Å². The van der Waals surface area contributed by atoms with E-state index in [1.165, 1.54) is 0 Å². The number of esters is 1. The molecular formula is C15H23NO5. The second kappa shape index (κ2) is 6.56. The van der Waals surface area contributed by atoms with Crippen molar-refractivity contribution < 1.29 is 24.2 Å². The lowest BCUT2D eigenvalue weighted by Crippen LogP contribution is -2.39. The molecule has 0 aromatic rings. The van der Waals surface area contributed by atoms with E-state index in [1.54, 1.807) is 6.92 Å². The molecule has 1 heterocycles. The standard InChI is InChI=1S/C15H23NO5/c1-3-9-5-11-12(6-9)15(20)16(14(11)19)8-10(17)7-13(18)21-4-2/h9-12,17H,3-8H2,1-2H3. The van der Waals surface area contributed by atoms with Gasteiger partial charge >= 0.3 is 5.97 Å². The molecule has 21 heavy (non-hydrogen) atoms. The highest BCUT2D eigenvalue weighted by atomic mass is 16.5. The normalized spacial score (nSPS) is 29.7. The summed E-state index contributed by atoms with van der Waals surface area (Å²) in [6.45, 7) is 3.89. The average Bonchev–Trinajstić information content (AvgIpc) is 2.95. The van der Waals surface area contributed by atoms with Gasteiger partial charge in [-0.25, -0.2) is 0 Å². The van der Waals surface area contributed by atoms with Crippen LogP contribution in [0.5, 0.6) is 0 Å². The van der Waals surface area contributed by atoms with Crippen LogP contribution in [0.1, 0.15) is 39.5 Å². The number of amides is 2. The van der Waals surface area contributed by atoms with Crippen LogP contribution in [0.3, 0.4) is 0 Å². The van der Waals surface area contributed by atoms with Gasteiger partial charge in [0, 0.05) is 0 Å². The van der Waals surface area contributed by atoms with Gasteiger partial charge in [0.2, 0.25) is 11.8 Å². The quantitative estimate of drug-likeness (QED) is 0.577. The molecule has 1 aliphatic heterocycles. The Morgan fingerprint density at radius 2 is 1.86 bits per heavy atom. The number of carbonyl (C=O) groups excluding carboxylic acids is 3. The molecule has 1 aliphatic carbocycles. The van der Waals surface area contributed by atoms with Crippen LogP contribution in [-0.2, 0) is 19.1 Å². The Morgan fingerprint density at radius 1 is 1.29 bits per heavy atom. The van der Waals surface area contributed by atoms with Crippen molar-refractivity contribution in [2.24, 2.45) is 17.8 Å². The molecule has 1 saturated heterocycles. The summed E-state index contributed by atoms with van der Waals surface area (Å²) < 4.78 is 4.75. The van der Waals surface area contributed by atoms with Crippen molar-refractivity contribution in [1.29, 1.82) is 0 Å². The molecule has 3 atom stereocenters. The van der Waals surface area contributed by atoms with Gasteiger partial charge in [0.05, 0.1) is 37.5 Å². The maximum atomic E-state index is 12.3. The molecule has 2 fully saturated rings. The number of rotatable bonds is 6. The molecule has 2 rings (SSSR count). The molecule has 3 unspecified atom stereocenters. The lowest BCUT2D eigenvalue weighted by Gasteiger charge is -2.20. The SMILES string of the molecule is CCOC(=O)CC(O)CN1C(=O)C2CC(CC)CC2C1=O. The third kappa shape index (κ3) is 3.26. The second-order valence-corrected chi connectivity index (χ2v) is 5.91. The Balaban J connectivity index is 1.92. The summed E-state index contributed by atoms with van der Waals surface area (Å²) in [6, 6.07) is 0. The van der Waals surface area contributed by atoms with E-state index in [1.807, 2.05) is 0 Å². The predicted molar refractivity (Wildman–Crippen MR) is 74.0 cm³/mol. The first kappa shape index (κ1) is 15.9. The fourth-order valence-electron chi connectivity index (χ4n) is 3.40. The molecule has 0 radical (unpaired) electrons. The monoisotopic (exact) mass is 297 g/mol. The van der Waals surface area contributed by atoms with E-state index >= 15 is 0 Å². The van der Waals surface area contributed by atoms with Crippen molar-refractivity contribution >= 4 is 17.8 Å². The molecule has 0 aromatic heterocycles. The Bertz CT molecular complexity index is 412. The van der Waals surface area contributed by atoms with E-state index in [2.05, 4.69) is 6.92 Å². The number of hydrogen-bond donors (Lipinski definition) is 1. The summed E-state index contributed by atoms with van der Waals surface area (Å²) in [5, 5.41) is 9.86. The topological polar surface area (TPSA) is 83.9 Å². The molecule has 0 spiro atoms. The maximum Gasteiger partial charge on any atom is 0.308 e. The average molecular weight is 297 g/mol. The lowest BCUT2D eigenvalue weighted by atomic mass is 10.00. The number of nitrogens with zero attached hydrogens (tertiary/aromatic N) is 1. The molecule has 2 aliphatic rings. The van der Waals surface area contributed by atoms with E-state index in [4.69, 9.17) is 4.74 Å². The van der Waals surface area contributed by atoms with Crippen LogP contribution >= 0.6 is 0 Å². The summed E-state index contributed by atoms with van der Waals surface area (Å²) in [4.78, 5) is 37.0. The Hall–Kier alpha value is -1.43. The van der Waals surface area contributed by atoms with Gasteiger partial charge < -0.3 is 9.84 Å². The van der Waals surface area contributed by atoms with Crippen LogP contribution in [-0.4, -0.2) is 47.0 Å². The molecular weight excluding hydrogens is 274 g/mol. The van der Waals surface area contributed by atoms with E-state index < -0.39 is 12.1 Å². The number of aliphatic hydroxyl groups excluding tert-OH is 1. The zero-order valence-corrected chi connectivity index (χ0v) is 12.6. The van der Waals surface area contributed by atoms with Gasteiger partial charge in [-0.3, -0.25) is 19.3 Å². The Labute approximate surface area is 124 Å². The minimum Gasteiger partial charge on any atom is -0.466 e. The smallest absolute Gasteiger partial charge is 0.308 e. The first-order valence-electron chi connectivity index (χ1n) is 7.66. The molecule has 118 valence electrons. The molecule has 1 N–H and O–H groups in total. The van der Waals surface area contributed by atoms with Gasteiger partial charge in [-0.05, 0) is 25.7 Å². The zero-order valence-electron chi connectivity index (χ0n) is 12.6. The Morgan fingerprint density at radius 3 is 2.33 bits per heavy atom. The van der Waals surface area contributed by atoms with Crippen LogP contribution in [0.25, 0.3) is 0 Å². The molecule has 0 bridgehead atoms. The van der Waals surface area contributed by atoms with Crippen molar-refractivity contribution in [3.63, 3.8) is 0 Å². The van der Waals surface area contributed by atoms with Crippen LogP contribution in [0, 0.1) is 17.8 Å². The number of likely N-dealkylation sites (tertiary alicyclic amines) is 1. The van der Waals surface area contributed by atoms with Crippen molar-refractivity contribution in [2.45, 2.75) is 45.6 Å². The maximum absolute atomic E-state index is 12.3. The van der Waals surface area contributed by atoms with Crippen molar-refractivity contribution in [3.8, 4) is 0 Å². The number of β-amino-alcohol motifs (C(OH)–C–C–N with tert-alkyl or cyclic N) is 1. The van der Waals surface area contributed by atoms with Crippen LogP contribution in [0.2, 0.25) is 0 Å². The van der Waals surface area contributed by atoms with Crippen molar-refractivity contribution in [3.05, 3.63) is 0 Å². The lowest BCUT2D eigenvalue weighted by molar-refractivity contribution is -0.149. The van der Waals surface area contributed by atoms with Crippen LogP contribution in [0.4, 0.5) is 0 Å². The molecule has 0 aromatic carbocycles. The Kier molecular flexibility index (Phi) is 4.98. The van der Waals surface area contributed by atoms with E-state index in [-0.39, 0.29) is 43.2 Å². The van der Waals surface area contributed by atoms with Gasteiger partial charge in [0.1, 0.15) is 0 Å². The summed E-state index contributed by atoms with van der Waals surface area (Å²) in [7, 11) is 0. The van der Waals surface area contributed by atoms with Crippen LogP contribution < -0.4 is 0 Å². The minimum atomic E-state index is -1.06. The second-order valence-electron chi connectivity index (χ2n) is 5.91. The molecule has 6 heteroatoms. The fraction of sp³-hybridized carbons (Fsp3) is 0.800. The number of ether oxygens (including phenoxy) is 1. The third-order valence-corrected chi connectivity index (χ3v) is 4.50. The minimum absolute atomic E-state index is 0.111. The van der Waals surface area contributed by atoms with Crippen LogP contribution in [0.15, 0.2) is 0 Å². The fourth-order valence-corrected chi connectivity index (χ4v) is 3.40. The number of hydrogen-bond acceptors (Lipinski definition) is 5. The number of fused-ring (bicyclic) bond motifs is 1. The highest BCUT2D eigenvalue weighted by molar-refractivity contribution is 6.05. The first-order valence-corrected chi connectivity index (χ1v) is 7.66. The van der Waals surface area contributed by atoms with E-state index in [9.17, 15) is 19.5 Å². The number of aliphatic hydroxyl groups is 1. The molecule has 2 amide bonds. The molecule has 1 saturated carbocycles. The summed E-state index contributed by atoms with van der Waals surface area (Å²) >= 11 is 0. The largest absolute Gasteiger partial charge is 0.466 e. The van der Waals surface area contributed by atoms with E-state index in [0.29, 0.717) is 5.92 Å². The van der Waals surface area contributed by atoms with Gasteiger partial charge in [-0.15, -0.1) is 0 Å². The first-order chi connectivity index (χ1) is 9.97. The van der Waals surface area contributed by atoms with Gasteiger partial charge in [0.25, 0.3) is 0 Å². The van der Waals surface area contributed by atoms with Crippen molar-refractivity contribution in [2.75, 3.05) is 13.2 Å². The highest BCUT2D eigenvalue weighted by Gasteiger charge is 2.52. The number of carbonyl (C=O) groups is 3. The molecule has 6 nitrogen and oxygen atoms in total. The van der Waals surface area contributed by atoms with E-state index in [0.717, 1.165) is 24.2 Å². The zero-order chi connectivity index (χ0) is 15.6. The van der Waals surface area contributed by atoms with Gasteiger partial charge in [0.15, 0.2) is 0 Å². The van der Waals surface area contributed by atoms with Gasteiger partial charge in [-0.2, -0.15) is 0 Å². The predicted octanol–water partition coefficient (Wildman–Crippen LogP) is 0.722.